The van der Waals surface area contributed by atoms with E-state index in [9.17, 15) is 4.79 Å². The summed E-state index contributed by atoms with van der Waals surface area (Å²) in [6.45, 7) is 0.584. The van der Waals surface area contributed by atoms with Crippen LogP contribution in [-0.4, -0.2) is 31.4 Å². The molecule has 1 unspecified atom stereocenters. The van der Waals surface area contributed by atoms with E-state index in [4.69, 9.17) is 4.42 Å². The largest absolute Gasteiger partial charge is 0.464 e. The lowest BCUT2D eigenvalue weighted by molar-refractivity contribution is -0.120. The number of hydrogen-bond acceptors (Lipinski definition) is 3. The Morgan fingerprint density at radius 2 is 1.89 bits per heavy atom. The van der Waals surface area contributed by atoms with Gasteiger partial charge in [-0.1, -0.05) is 30.3 Å². The molecule has 27 heavy (non-hydrogen) atoms. The molecule has 1 N–H and O–H groups in total. The van der Waals surface area contributed by atoms with Crippen molar-refractivity contribution in [2.24, 2.45) is 0 Å². The molecular formula is C23H26N2O2. The number of carbonyl (C=O) groups is 1. The number of hydrogen-bond donors (Lipinski definition) is 1. The van der Waals surface area contributed by atoms with Crippen LogP contribution in [0.4, 0.5) is 0 Å². The number of amides is 1. The molecule has 0 saturated carbocycles. The molecule has 4 heteroatoms. The third kappa shape index (κ3) is 3.76. The molecule has 0 fully saturated rings. The van der Waals surface area contributed by atoms with Crippen molar-refractivity contribution in [1.29, 1.82) is 0 Å². The SMILES string of the molecule is CN(C)C(CNC(=O)Cc1coc2cc3c(cc12)CCC3)c1ccccc1. The molecule has 1 amide bonds. The molecule has 0 bridgehead atoms. The van der Waals surface area contributed by atoms with E-state index >= 15 is 0 Å². The van der Waals surface area contributed by atoms with Gasteiger partial charge in [0.05, 0.1) is 18.7 Å². The Morgan fingerprint density at radius 1 is 1.15 bits per heavy atom. The smallest absolute Gasteiger partial charge is 0.224 e. The average molecular weight is 362 g/mol. The molecule has 3 aromatic rings. The van der Waals surface area contributed by atoms with Crippen LogP contribution in [0.25, 0.3) is 11.0 Å². The van der Waals surface area contributed by atoms with Crippen molar-refractivity contribution in [3.8, 4) is 0 Å². The highest BCUT2D eigenvalue weighted by atomic mass is 16.3. The van der Waals surface area contributed by atoms with Crippen molar-refractivity contribution >= 4 is 16.9 Å². The van der Waals surface area contributed by atoms with Gasteiger partial charge in [-0.05, 0) is 62.2 Å². The van der Waals surface area contributed by atoms with Gasteiger partial charge in [0.25, 0.3) is 0 Å². The lowest BCUT2D eigenvalue weighted by Crippen LogP contribution is -2.35. The summed E-state index contributed by atoms with van der Waals surface area (Å²) < 4.78 is 5.72. The quantitative estimate of drug-likeness (QED) is 0.724. The molecular weight excluding hydrogens is 336 g/mol. The van der Waals surface area contributed by atoms with Crippen LogP contribution in [0.3, 0.4) is 0 Å². The molecule has 1 heterocycles. The molecule has 4 nitrogen and oxygen atoms in total. The molecule has 0 spiro atoms. The van der Waals surface area contributed by atoms with Gasteiger partial charge < -0.3 is 14.6 Å². The maximum atomic E-state index is 12.6. The van der Waals surface area contributed by atoms with Crippen LogP contribution in [0.15, 0.2) is 53.1 Å². The molecule has 0 radical (unpaired) electrons. The van der Waals surface area contributed by atoms with Gasteiger partial charge in [0.2, 0.25) is 5.91 Å². The Morgan fingerprint density at radius 3 is 2.63 bits per heavy atom. The zero-order valence-corrected chi connectivity index (χ0v) is 16.0. The number of nitrogens with one attached hydrogen (secondary N) is 1. The number of likely N-dealkylation sites (N-methyl/N-ethyl adjacent to an activating group) is 1. The predicted octanol–water partition coefficient (Wildman–Crippen LogP) is 3.88. The maximum absolute atomic E-state index is 12.6. The first kappa shape index (κ1) is 17.8. The van der Waals surface area contributed by atoms with Crippen molar-refractivity contribution in [2.45, 2.75) is 31.7 Å². The number of aryl methyl sites for hydroxylation is 2. The molecule has 1 aliphatic carbocycles. The summed E-state index contributed by atoms with van der Waals surface area (Å²) in [5, 5.41) is 4.18. The highest BCUT2D eigenvalue weighted by Crippen LogP contribution is 2.30. The minimum Gasteiger partial charge on any atom is -0.464 e. The average Bonchev–Trinajstić information content (AvgIpc) is 3.27. The van der Waals surface area contributed by atoms with Gasteiger partial charge in [0.1, 0.15) is 5.58 Å². The number of fused-ring (bicyclic) bond motifs is 2. The second kappa shape index (κ2) is 7.57. The zero-order chi connectivity index (χ0) is 18.8. The van der Waals surface area contributed by atoms with Crippen molar-refractivity contribution in [3.63, 3.8) is 0 Å². The summed E-state index contributed by atoms with van der Waals surface area (Å²) in [4.78, 5) is 14.7. The first-order valence-electron chi connectivity index (χ1n) is 9.62. The lowest BCUT2D eigenvalue weighted by atomic mass is 10.0. The summed E-state index contributed by atoms with van der Waals surface area (Å²) in [6, 6.07) is 14.8. The fourth-order valence-corrected chi connectivity index (χ4v) is 4.00. The number of rotatable bonds is 6. The molecule has 4 rings (SSSR count). The summed E-state index contributed by atoms with van der Waals surface area (Å²) in [5.41, 5.74) is 5.87. The Kier molecular flexibility index (Phi) is 4.99. The molecule has 2 aromatic carbocycles. The van der Waals surface area contributed by atoms with Crippen molar-refractivity contribution in [3.05, 3.63) is 71.0 Å². The standard InChI is InChI=1S/C23H26N2O2/c1-25(2)21(16-7-4-3-5-8-16)14-24-23(26)13-19-15-27-22-12-18-10-6-9-17(18)11-20(19)22/h3-5,7-8,11-12,15,21H,6,9-10,13-14H2,1-2H3,(H,24,26). The molecule has 1 aromatic heterocycles. The van der Waals surface area contributed by atoms with E-state index < -0.39 is 0 Å². The van der Waals surface area contributed by atoms with Gasteiger partial charge >= 0.3 is 0 Å². The highest BCUT2D eigenvalue weighted by Gasteiger charge is 2.18. The van der Waals surface area contributed by atoms with Crippen LogP contribution in [0.1, 0.15) is 34.7 Å². The van der Waals surface area contributed by atoms with E-state index in [1.807, 2.05) is 32.3 Å². The Bertz CT molecular complexity index is 944. The minimum atomic E-state index is 0.0287. The van der Waals surface area contributed by atoms with E-state index in [1.165, 1.54) is 23.1 Å². The van der Waals surface area contributed by atoms with E-state index in [0.29, 0.717) is 13.0 Å². The number of carbonyl (C=O) groups excluding carboxylic acids is 1. The van der Waals surface area contributed by atoms with Crippen molar-refractivity contribution < 1.29 is 9.21 Å². The van der Waals surface area contributed by atoms with Gasteiger partial charge in [0.15, 0.2) is 0 Å². The predicted molar refractivity (Wildman–Crippen MR) is 108 cm³/mol. The molecule has 0 aliphatic heterocycles. The summed E-state index contributed by atoms with van der Waals surface area (Å²) in [5.74, 6) is 0.0287. The van der Waals surface area contributed by atoms with Gasteiger partial charge in [-0.2, -0.15) is 0 Å². The van der Waals surface area contributed by atoms with Crippen molar-refractivity contribution in [2.75, 3.05) is 20.6 Å². The number of benzene rings is 2. The molecule has 140 valence electrons. The third-order valence-corrected chi connectivity index (χ3v) is 5.52. The van der Waals surface area contributed by atoms with Gasteiger partial charge in [-0.3, -0.25) is 4.79 Å². The van der Waals surface area contributed by atoms with Gasteiger partial charge in [-0.15, -0.1) is 0 Å². The van der Waals surface area contributed by atoms with Crippen molar-refractivity contribution in [1.82, 2.24) is 10.2 Å². The first-order valence-corrected chi connectivity index (χ1v) is 9.62. The van der Waals surface area contributed by atoms with Gasteiger partial charge in [-0.25, -0.2) is 0 Å². The Labute approximate surface area is 160 Å². The lowest BCUT2D eigenvalue weighted by Gasteiger charge is -2.25. The van der Waals surface area contributed by atoms with E-state index in [1.54, 1.807) is 6.26 Å². The monoisotopic (exact) mass is 362 g/mol. The molecule has 0 saturated heterocycles. The van der Waals surface area contributed by atoms with E-state index in [0.717, 1.165) is 29.4 Å². The molecule has 1 atom stereocenters. The topological polar surface area (TPSA) is 45.5 Å². The zero-order valence-electron chi connectivity index (χ0n) is 16.0. The van der Waals surface area contributed by atoms with Crippen LogP contribution >= 0.6 is 0 Å². The second-order valence-electron chi connectivity index (χ2n) is 7.60. The normalized spacial score (nSPS) is 14.5. The van der Waals surface area contributed by atoms with Crippen LogP contribution in [0, 0.1) is 0 Å². The first-order chi connectivity index (χ1) is 13.1. The van der Waals surface area contributed by atoms with Crippen LogP contribution in [0.2, 0.25) is 0 Å². The van der Waals surface area contributed by atoms with E-state index in [-0.39, 0.29) is 11.9 Å². The van der Waals surface area contributed by atoms with Crippen LogP contribution in [-0.2, 0) is 24.1 Å². The number of nitrogens with zero attached hydrogens (tertiary/aromatic N) is 1. The molecule has 1 aliphatic rings. The summed E-state index contributed by atoms with van der Waals surface area (Å²) in [6.07, 6.45) is 5.56. The van der Waals surface area contributed by atoms with Crippen LogP contribution in [0.5, 0.6) is 0 Å². The van der Waals surface area contributed by atoms with Crippen LogP contribution < -0.4 is 5.32 Å². The van der Waals surface area contributed by atoms with E-state index in [2.05, 4.69) is 34.5 Å². The fraction of sp³-hybridized carbons (Fsp3) is 0.348. The highest BCUT2D eigenvalue weighted by molar-refractivity contribution is 5.88. The fourth-order valence-electron chi connectivity index (χ4n) is 4.00. The maximum Gasteiger partial charge on any atom is 0.224 e. The third-order valence-electron chi connectivity index (χ3n) is 5.52. The number of furan rings is 1. The summed E-state index contributed by atoms with van der Waals surface area (Å²) in [7, 11) is 4.07. The summed E-state index contributed by atoms with van der Waals surface area (Å²) >= 11 is 0. The Hall–Kier alpha value is -2.59. The minimum absolute atomic E-state index is 0.0287. The Balaban J connectivity index is 1.44. The second-order valence-corrected chi connectivity index (χ2v) is 7.60. The van der Waals surface area contributed by atoms with Gasteiger partial charge in [0, 0.05) is 17.5 Å².